The van der Waals surface area contributed by atoms with E-state index in [2.05, 4.69) is 31.9 Å². The van der Waals surface area contributed by atoms with Crippen molar-refractivity contribution < 1.29 is 13.5 Å². The zero-order valence-corrected chi connectivity index (χ0v) is 14.4. The van der Waals surface area contributed by atoms with Crippen molar-refractivity contribution in [2.45, 2.75) is 30.3 Å². The lowest BCUT2D eigenvalue weighted by Crippen LogP contribution is -2.45. The highest BCUT2D eigenvalue weighted by Gasteiger charge is 2.34. The van der Waals surface area contributed by atoms with Crippen LogP contribution in [0.15, 0.2) is 32.0 Å². The number of halogens is 2. The number of nitrogens with zero attached hydrogens (tertiary/aromatic N) is 1. The standard InChI is InChI=1S/C12H15Br2NO3S/c1-12(16)4-6-15(7-5-12)19(17,18)11-8-9(13)2-3-10(11)14/h2-3,8,16H,4-7H2,1H3. The molecule has 0 saturated carbocycles. The Hall–Kier alpha value is 0.0500. The van der Waals surface area contributed by atoms with Gasteiger partial charge in [0.1, 0.15) is 0 Å². The lowest BCUT2D eigenvalue weighted by molar-refractivity contribution is 0.0126. The molecule has 1 aromatic carbocycles. The maximum Gasteiger partial charge on any atom is 0.244 e. The van der Waals surface area contributed by atoms with Crippen LogP contribution in [0.3, 0.4) is 0 Å². The van der Waals surface area contributed by atoms with Gasteiger partial charge in [0.2, 0.25) is 10.0 Å². The largest absolute Gasteiger partial charge is 0.390 e. The molecule has 1 N–H and O–H groups in total. The van der Waals surface area contributed by atoms with Crippen LogP contribution in [0, 0.1) is 0 Å². The fourth-order valence-electron chi connectivity index (χ4n) is 2.02. The van der Waals surface area contributed by atoms with Crippen molar-refractivity contribution in [3.8, 4) is 0 Å². The zero-order chi connectivity index (χ0) is 14.3. The number of hydrogen-bond acceptors (Lipinski definition) is 3. The lowest BCUT2D eigenvalue weighted by atomic mass is 9.95. The molecule has 0 unspecified atom stereocenters. The molecule has 1 aliphatic rings. The van der Waals surface area contributed by atoms with Crippen LogP contribution in [0.2, 0.25) is 0 Å². The lowest BCUT2D eigenvalue weighted by Gasteiger charge is -2.35. The Morgan fingerprint density at radius 1 is 1.26 bits per heavy atom. The molecule has 2 rings (SSSR count). The molecule has 7 heteroatoms. The fraction of sp³-hybridized carbons (Fsp3) is 0.500. The van der Waals surface area contributed by atoms with Crippen molar-refractivity contribution in [3.05, 3.63) is 27.1 Å². The van der Waals surface area contributed by atoms with Crippen LogP contribution in [0.4, 0.5) is 0 Å². The average Bonchev–Trinajstić information content (AvgIpc) is 2.31. The summed E-state index contributed by atoms with van der Waals surface area (Å²) in [6.45, 7) is 2.43. The van der Waals surface area contributed by atoms with Gasteiger partial charge in [0.25, 0.3) is 0 Å². The summed E-state index contributed by atoms with van der Waals surface area (Å²) in [5.74, 6) is 0. The van der Waals surface area contributed by atoms with Crippen LogP contribution in [-0.2, 0) is 10.0 Å². The number of sulfonamides is 1. The Morgan fingerprint density at radius 3 is 2.42 bits per heavy atom. The van der Waals surface area contributed by atoms with Gasteiger partial charge in [0, 0.05) is 22.0 Å². The molecule has 0 radical (unpaired) electrons. The second kappa shape index (κ2) is 5.44. The first-order valence-electron chi connectivity index (χ1n) is 5.90. The van der Waals surface area contributed by atoms with Gasteiger partial charge in [-0.25, -0.2) is 8.42 Å². The second-order valence-corrected chi connectivity index (χ2v) is 8.65. The van der Waals surface area contributed by atoms with Gasteiger partial charge in [-0.2, -0.15) is 4.31 Å². The van der Waals surface area contributed by atoms with E-state index in [1.807, 2.05) is 0 Å². The average molecular weight is 413 g/mol. The van der Waals surface area contributed by atoms with Gasteiger partial charge in [-0.15, -0.1) is 0 Å². The summed E-state index contributed by atoms with van der Waals surface area (Å²) in [6, 6.07) is 5.08. The molecule has 1 aliphatic heterocycles. The predicted molar refractivity (Wildman–Crippen MR) is 80.5 cm³/mol. The Labute approximate surface area is 130 Å². The first-order valence-corrected chi connectivity index (χ1v) is 8.93. The molecule has 106 valence electrons. The number of benzene rings is 1. The highest BCUT2D eigenvalue weighted by atomic mass is 79.9. The highest BCUT2D eigenvalue weighted by Crippen LogP contribution is 2.31. The third kappa shape index (κ3) is 3.39. The van der Waals surface area contributed by atoms with E-state index in [-0.39, 0.29) is 4.90 Å². The summed E-state index contributed by atoms with van der Waals surface area (Å²) in [7, 11) is -3.52. The van der Waals surface area contributed by atoms with E-state index in [0.29, 0.717) is 30.4 Å². The SMILES string of the molecule is CC1(O)CCN(S(=O)(=O)c2cc(Br)ccc2Br)CC1. The zero-order valence-electron chi connectivity index (χ0n) is 10.4. The van der Waals surface area contributed by atoms with E-state index in [1.54, 1.807) is 25.1 Å². The van der Waals surface area contributed by atoms with E-state index < -0.39 is 15.6 Å². The maximum atomic E-state index is 12.6. The summed E-state index contributed by atoms with van der Waals surface area (Å²) in [4.78, 5) is 0.253. The first-order chi connectivity index (χ1) is 8.72. The predicted octanol–water partition coefficient (Wildman–Crippen LogP) is 2.75. The van der Waals surface area contributed by atoms with Gasteiger partial charge < -0.3 is 5.11 Å². The van der Waals surface area contributed by atoms with Crippen LogP contribution < -0.4 is 0 Å². The van der Waals surface area contributed by atoms with Crippen molar-refractivity contribution in [3.63, 3.8) is 0 Å². The molecule has 19 heavy (non-hydrogen) atoms. The first kappa shape index (κ1) is 15.4. The van der Waals surface area contributed by atoms with Gasteiger partial charge in [0.05, 0.1) is 10.5 Å². The number of rotatable bonds is 2. The topological polar surface area (TPSA) is 57.6 Å². The molecule has 0 atom stereocenters. The minimum absolute atomic E-state index is 0.253. The van der Waals surface area contributed by atoms with Crippen molar-refractivity contribution >= 4 is 41.9 Å². The molecule has 1 heterocycles. The second-order valence-electron chi connectivity index (χ2n) is 4.98. The number of hydrogen-bond donors (Lipinski definition) is 1. The summed E-state index contributed by atoms with van der Waals surface area (Å²) >= 11 is 6.57. The molecule has 1 aromatic rings. The summed E-state index contributed by atoms with van der Waals surface area (Å²) in [5.41, 5.74) is -0.763. The van der Waals surface area contributed by atoms with E-state index in [0.717, 1.165) is 4.47 Å². The molecule has 0 bridgehead atoms. The Morgan fingerprint density at radius 2 is 1.84 bits per heavy atom. The fourth-order valence-corrected chi connectivity index (χ4v) is 4.93. The smallest absolute Gasteiger partial charge is 0.244 e. The summed E-state index contributed by atoms with van der Waals surface area (Å²) in [5, 5.41) is 9.89. The van der Waals surface area contributed by atoms with Gasteiger partial charge in [0.15, 0.2) is 0 Å². The molecule has 0 aromatic heterocycles. The van der Waals surface area contributed by atoms with Gasteiger partial charge >= 0.3 is 0 Å². The van der Waals surface area contributed by atoms with E-state index in [4.69, 9.17) is 0 Å². The summed E-state index contributed by atoms with van der Waals surface area (Å²) < 4.78 is 27.8. The van der Waals surface area contributed by atoms with Crippen molar-refractivity contribution in [1.82, 2.24) is 4.31 Å². The van der Waals surface area contributed by atoms with E-state index in [1.165, 1.54) is 4.31 Å². The molecule has 0 aliphatic carbocycles. The Kier molecular flexibility index (Phi) is 4.42. The van der Waals surface area contributed by atoms with Gasteiger partial charge in [-0.05, 0) is 53.9 Å². The molecular weight excluding hydrogens is 398 g/mol. The molecule has 1 saturated heterocycles. The molecule has 4 nitrogen and oxygen atoms in total. The quantitative estimate of drug-likeness (QED) is 0.812. The van der Waals surface area contributed by atoms with Crippen LogP contribution in [0.1, 0.15) is 19.8 Å². The highest BCUT2D eigenvalue weighted by molar-refractivity contribution is 9.11. The Bertz CT molecular complexity index is 577. The normalized spacial score (nSPS) is 20.4. The third-order valence-corrected chi connectivity index (χ3v) is 6.70. The van der Waals surface area contributed by atoms with E-state index in [9.17, 15) is 13.5 Å². The summed E-state index contributed by atoms with van der Waals surface area (Å²) in [6.07, 6.45) is 0.912. The van der Waals surface area contributed by atoms with Crippen LogP contribution in [-0.4, -0.2) is 36.5 Å². The molecule has 1 fully saturated rings. The van der Waals surface area contributed by atoms with Crippen molar-refractivity contribution in [1.29, 1.82) is 0 Å². The third-order valence-electron chi connectivity index (χ3n) is 3.31. The molecular formula is C12H15Br2NO3S. The minimum atomic E-state index is -3.52. The minimum Gasteiger partial charge on any atom is -0.390 e. The Balaban J connectivity index is 2.31. The number of aliphatic hydroxyl groups is 1. The molecule has 0 spiro atoms. The van der Waals surface area contributed by atoms with E-state index >= 15 is 0 Å². The monoisotopic (exact) mass is 411 g/mol. The van der Waals surface area contributed by atoms with Gasteiger partial charge in [-0.3, -0.25) is 0 Å². The maximum absolute atomic E-state index is 12.6. The van der Waals surface area contributed by atoms with Gasteiger partial charge in [-0.1, -0.05) is 15.9 Å². The van der Waals surface area contributed by atoms with Crippen LogP contribution in [0.5, 0.6) is 0 Å². The van der Waals surface area contributed by atoms with Crippen LogP contribution in [0.25, 0.3) is 0 Å². The van der Waals surface area contributed by atoms with Crippen molar-refractivity contribution in [2.75, 3.05) is 13.1 Å². The van der Waals surface area contributed by atoms with Crippen LogP contribution >= 0.6 is 31.9 Å². The van der Waals surface area contributed by atoms with Crippen molar-refractivity contribution in [2.24, 2.45) is 0 Å². The molecule has 0 amide bonds. The number of piperidine rings is 1.